The molecule has 2 aromatic rings. The van der Waals surface area contributed by atoms with Gasteiger partial charge in [-0.1, -0.05) is 30.3 Å². The average Bonchev–Trinajstić information content (AvgIpc) is 2.95. The molecule has 2 rings (SSSR count). The van der Waals surface area contributed by atoms with Crippen molar-refractivity contribution in [1.82, 2.24) is 9.78 Å². The number of hydrogen-bond donors (Lipinski definition) is 0. The third-order valence-electron chi connectivity index (χ3n) is 3.58. The van der Waals surface area contributed by atoms with Crippen molar-refractivity contribution in [2.24, 2.45) is 5.41 Å². The molecule has 0 bridgehead atoms. The second kappa shape index (κ2) is 7.14. The number of alkyl halides is 2. The molecular weight excluding hydrogens is 291 g/mol. The first-order chi connectivity index (χ1) is 9.71. The summed E-state index contributed by atoms with van der Waals surface area (Å²) < 4.78 is 1.94. The fraction of sp³-hybridized carbons (Fsp3) is 0.438. The van der Waals surface area contributed by atoms with Crippen molar-refractivity contribution in [2.75, 3.05) is 11.8 Å². The van der Waals surface area contributed by atoms with Gasteiger partial charge in [0.2, 0.25) is 0 Å². The Morgan fingerprint density at radius 3 is 2.25 bits per heavy atom. The fourth-order valence-corrected chi connectivity index (χ4v) is 3.08. The molecule has 0 saturated heterocycles. The molecule has 4 heteroatoms. The van der Waals surface area contributed by atoms with Crippen molar-refractivity contribution >= 4 is 23.2 Å². The van der Waals surface area contributed by atoms with Gasteiger partial charge >= 0.3 is 0 Å². The lowest BCUT2D eigenvalue weighted by Crippen LogP contribution is -2.30. The number of halogens is 2. The van der Waals surface area contributed by atoms with Crippen LogP contribution in [-0.2, 0) is 19.4 Å². The summed E-state index contributed by atoms with van der Waals surface area (Å²) in [6.07, 6.45) is 5.74. The molecule has 0 N–H and O–H groups in total. The Kier molecular flexibility index (Phi) is 5.50. The lowest BCUT2D eigenvalue weighted by atomic mass is 9.80. The van der Waals surface area contributed by atoms with Crippen molar-refractivity contribution in [3.05, 3.63) is 53.9 Å². The predicted molar refractivity (Wildman–Crippen MR) is 85.6 cm³/mol. The SMILES string of the molecule is CCn1cc(CC(CCl)(CCl)Cc2ccccc2)cn1. The van der Waals surface area contributed by atoms with E-state index in [-0.39, 0.29) is 5.41 Å². The van der Waals surface area contributed by atoms with Crippen LogP contribution < -0.4 is 0 Å². The summed E-state index contributed by atoms with van der Waals surface area (Å²) >= 11 is 12.5. The molecule has 1 aromatic carbocycles. The molecule has 1 heterocycles. The van der Waals surface area contributed by atoms with Crippen molar-refractivity contribution in [2.45, 2.75) is 26.3 Å². The van der Waals surface area contributed by atoms with Crippen LogP contribution in [0.2, 0.25) is 0 Å². The topological polar surface area (TPSA) is 17.8 Å². The Balaban J connectivity index is 2.16. The largest absolute Gasteiger partial charge is 0.273 e. The number of aryl methyl sites for hydroxylation is 1. The molecule has 0 unspecified atom stereocenters. The number of hydrogen-bond acceptors (Lipinski definition) is 1. The van der Waals surface area contributed by atoms with Crippen LogP contribution >= 0.6 is 23.2 Å². The molecule has 0 saturated carbocycles. The minimum atomic E-state index is -0.119. The normalized spacial score (nSPS) is 11.8. The molecule has 0 aliphatic heterocycles. The maximum Gasteiger partial charge on any atom is 0.0521 e. The first kappa shape index (κ1) is 15.4. The monoisotopic (exact) mass is 310 g/mol. The summed E-state index contributed by atoms with van der Waals surface area (Å²) in [5, 5.41) is 4.32. The maximum absolute atomic E-state index is 6.25. The van der Waals surface area contributed by atoms with Crippen LogP contribution in [0, 0.1) is 5.41 Å². The van der Waals surface area contributed by atoms with Crippen LogP contribution in [0.15, 0.2) is 42.7 Å². The van der Waals surface area contributed by atoms with Crippen LogP contribution in [0.25, 0.3) is 0 Å². The van der Waals surface area contributed by atoms with E-state index < -0.39 is 0 Å². The van der Waals surface area contributed by atoms with E-state index in [0.29, 0.717) is 11.8 Å². The van der Waals surface area contributed by atoms with E-state index in [1.807, 2.05) is 16.9 Å². The average molecular weight is 311 g/mol. The molecule has 0 radical (unpaired) electrons. The second-order valence-corrected chi connectivity index (χ2v) is 5.85. The molecular formula is C16H20Cl2N2. The van der Waals surface area contributed by atoms with E-state index in [0.717, 1.165) is 19.4 Å². The van der Waals surface area contributed by atoms with Gasteiger partial charge in [0, 0.05) is 29.9 Å². The summed E-state index contributed by atoms with van der Waals surface area (Å²) in [6.45, 7) is 2.96. The highest BCUT2D eigenvalue weighted by Crippen LogP contribution is 2.31. The van der Waals surface area contributed by atoms with E-state index >= 15 is 0 Å². The fourth-order valence-electron chi connectivity index (χ4n) is 2.42. The van der Waals surface area contributed by atoms with Crippen molar-refractivity contribution in [3.63, 3.8) is 0 Å². The Labute approximate surface area is 130 Å². The second-order valence-electron chi connectivity index (χ2n) is 5.31. The third kappa shape index (κ3) is 3.77. The highest BCUT2D eigenvalue weighted by Gasteiger charge is 2.29. The summed E-state index contributed by atoms with van der Waals surface area (Å²) in [4.78, 5) is 0. The third-order valence-corrected chi connectivity index (χ3v) is 4.71. The van der Waals surface area contributed by atoms with Gasteiger partial charge in [-0.3, -0.25) is 4.68 Å². The van der Waals surface area contributed by atoms with E-state index in [9.17, 15) is 0 Å². The lowest BCUT2D eigenvalue weighted by molar-refractivity contribution is 0.374. The van der Waals surface area contributed by atoms with Gasteiger partial charge < -0.3 is 0 Å². The van der Waals surface area contributed by atoms with Crippen LogP contribution in [0.3, 0.4) is 0 Å². The van der Waals surface area contributed by atoms with Gasteiger partial charge in [-0.15, -0.1) is 23.2 Å². The van der Waals surface area contributed by atoms with Gasteiger partial charge in [-0.05, 0) is 30.9 Å². The standard InChI is InChI=1S/C16H20Cl2N2/c1-2-20-11-15(10-19-20)9-16(12-17,13-18)8-14-6-4-3-5-7-14/h3-7,10-11H,2,8-9,12-13H2,1H3. The predicted octanol–water partition coefficient (Wildman–Crippen LogP) is 4.15. The van der Waals surface area contributed by atoms with Gasteiger partial charge in [-0.2, -0.15) is 5.10 Å². The molecule has 0 spiro atoms. The van der Waals surface area contributed by atoms with Gasteiger partial charge in [-0.25, -0.2) is 0 Å². The Hall–Kier alpha value is -0.990. The van der Waals surface area contributed by atoms with Crippen molar-refractivity contribution in [1.29, 1.82) is 0 Å². The zero-order valence-corrected chi connectivity index (χ0v) is 13.2. The number of benzene rings is 1. The Bertz CT molecular complexity index is 518. The Morgan fingerprint density at radius 1 is 1.05 bits per heavy atom. The van der Waals surface area contributed by atoms with Gasteiger partial charge in [0.15, 0.2) is 0 Å². The van der Waals surface area contributed by atoms with Gasteiger partial charge in [0.1, 0.15) is 0 Å². The highest BCUT2D eigenvalue weighted by atomic mass is 35.5. The number of nitrogens with zero attached hydrogens (tertiary/aromatic N) is 2. The van der Waals surface area contributed by atoms with Gasteiger partial charge in [0.25, 0.3) is 0 Å². The summed E-state index contributed by atoms with van der Waals surface area (Å²) in [6, 6.07) is 10.4. The molecule has 0 amide bonds. The van der Waals surface area contributed by atoms with Crippen LogP contribution in [0.4, 0.5) is 0 Å². The summed E-state index contributed by atoms with van der Waals surface area (Å²) in [7, 11) is 0. The molecule has 20 heavy (non-hydrogen) atoms. The lowest BCUT2D eigenvalue weighted by Gasteiger charge is -2.29. The minimum Gasteiger partial charge on any atom is -0.273 e. The smallest absolute Gasteiger partial charge is 0.0521 e. The molecule has 0 aliphatic rings. The van der Waals surface area contributed by atoms with Crippen molar-refractivity contribution < 1.29 is 0 Å². The van der Waals surface area contributed by atoms with Crippen LogP contribution in [-0.4, -0.2) is 21.5 Å². The minimum absolute atomic E-state index is 0.119. The van der Waals surface area contributed by atoms with Gasteiger partial charge in [0.05, 0.1) is 6.20 Å². The quantitative estimate of drug-likeness (QED) is 0.702. The molecule has 1 aromatic heterocycles. The van der Waals surface area contributed by atoms with Crippen molar-refractivity contribution in [3.8, 4) is 0 Å². The van der Waals surface area contributed by atoms with E-state index in [4.69, 9.17) is 23.2 Å². The van der Waals surface area contributed by atoms with E-state index in [2.05, 4.69) is 42.5 Å². The highest BCUT2D eigenvalue weighted by molar-refractivity contribution is 6.21. The van der Waals surface area contributed by atoms with Crippen LogP contribution in [0.5, 0.6) is 0 Å². The number of rotatable bonds is 7. The van der Waals surface area contributed by atoms with E-state index in [1.165, 1.54) is 11.1 Å². The maximum atomic E-state index is 6.25. The first-order valence-corrected chi connectivity index (χ1v) is 7.95. The zero-order valence-electron chi connectivity index (χ0n) is 11.7. The molecule has 2 nitrogen and oxygen atoms in total. The molecule has 108 valence electrons. The summed E-state index contributed by atoms with van der Waals surface area (Å²) in [5.41, 5.74) is 2.35. The zero-order chi connectivity index (χ0) is 14.4. The Morgan fingerprint density at radius 2 is 1.70 bits per heavy atom. The molecule has 0 atom stereocenters. The van der Waals surface area contributed by atoms with E-state index in [1.54, 1.807) is 0 Å². The number of aromatic nitrogens is 2. The van der Waals surface area contributed by atoms with Crippen LogP contribution in [0.1, 0.15) is 18.1 Å². The molecule has 0 aliphatic carbocycles. The summed E-state index contributed by atoms with van der Waals surface area (Å²) in [5.74, 6) is 1.09. The first-order valence-electron chi connectivity index (χ1n) is 6.88. The molecule has 0 fully saturated rings.